The Balaban J connectivity index is 2.19. The van der Waals surface area contributed by atoms with Gasteiger partial charge in [-0.3, -0.25) is 4.79 Å². The first kappa shape index (κ1) is 9.57. The molecule has 5 atom stereocenters. The highest BCUT2D eigenvalue weighted by molar-refractivity contribution is 5.85. The van der Waals surface area contributed by atoms with Gasteiger partial charge in [-0.2, -0.15) is 0 Å². The Labute approximate surface area is 86.7 Å². The van der Waals surface area contributed by atoms with E-state index in [9.17, 15) is 20.1 Å². The summed E-state index contributed by atoms with van der Waals surface area (Å²) in [6, 6.07) is 0. The maximum Gasteiger partial charge on any atom is 0.318 e. The van der Waals surface area contributed by atoms with Crippen LogP contribution in [0.5, 0.6) is 0 Å². The van der Waals surface area contributed by atoms with E-state index in [4.69, 9.17) is 4.74 Å². The average Bonchev–Trinajstić information content (AvgIpc) is 2.19. The highest BCUT2D eigenvalue weighted by atomic mass is 16.6. The molecule has 0 amide bonds. The van der Waals surface area contributed by atoms with Gasteiger partial charge in [-0.1, -0.05) is 0 Å². The highest BCUT2D eigenvalue weighted by Crippen LogP contribution is 2.70. The number of carbonyl (C=O) groups excluding carboxylic acids is 1. The van der Waals surface area contributed by atoms with Crippen molar-refractivity contribution in [2.24, 2.45) is 11.3 Å². The van der Waals surface area contributed by atoms with Gasteiger partial charge in [0.1, 0.15) is 16.6 Å². The van der Waals surface area contributed by atoms with E-state index in [-0.39, 0.29) is 12.3 Å². The molecule has 1 saturated heterocycles. The first-order valence-corrected chi connectivity index (χ1v) is 5.16. The second-order valence-electron chi connectivity index (χ2n) is 5.19. The molecule has 5 heteroatoms. The standard InChI is InChI=1S/C10H14O5/c1-8-3-6(12)5-2-10(8,14)9(5,4-11)7(13)15-8/h5-6,11-12,14H,2-4H2,1H3/t5-,6+,8+,9+,10+/m1/s1. The molecule has 0 radical (unpaired) electrons. The number of hydrogen-bond acceptors (Lipinski definition) is 5. The minimum Gasteiger partial charge on any atom is -0.456 e. The van der Waals surface area contributed by atoms with Crippen molar-refractivity contribution in [2.45, 2.75) is 37.1 Å². The van der Waals surface area contributed by atoms with Crippen molar-refractivity contribution in [3.63, 3.8) is 0 Å². The molecule has 3 aliphatic carbocycles. The van der Waals surface area contributed by atoms with Crippen molar-refractivity contribution in [1.82, 2.24) is 0 Å². The fraction of sp³-hybridized carbons (Fsp3) is 0.900. The van der Waals surface area contributed by atoms with Gasteiger partial charge in [-0.25, -0.2) is 0 Å². The molecule has 4 rings (SSSR count). The zero-order valence-electron chi connectivity index (χ0n) is 8.43. The van der Waals surface area contributed by atoms with E-state index in [1.165, 1.54) is 0 Å². The monoisotopic (exact) mass is 214 g/mol. The van der Waals surface area contributed by atoms with E-state index in [1.807, 2.05) is 0 Å². The zero-order chi connectivity index (χ0) is 11.1. The third-order valence-corrected chi connectivity index (χ3v) is 4.76. The second kappa shape index (κ2) is 2.21. The Morgan fingerprint density at radius 3 is 2.80 bits per heavy atom. The Morgan fingerprint density at radius 1 is 1.53 bits per heavy atom. The van der Waals surface area contributed by atoms with Crippen molar-refractivity contribution in [3.8, 4) is 0 Å². The van der Waals surface area contributed by atoms with Gasteiger partial charge in [0.2, 0.25) is 0 Å². The third kappa shape index (κ3) is 0.652. The molecule has 5 nitrogen and oxygen atoms in total. The summed E-state index contributed by atoms with van der Waals surface area (Å²) in [7, 11) is 0. The Morgan fingerprint density at radius 2 is 2.20 bits per heavy atom. The molecule has 0 spiro atoms. The first-order chi connectivity index (χ1) is 6.91. The van der Waals surface area contributed by atoms with E-state index in [1.54, 1.807) is 6.92 Å². The summed E-state index contributed by atoms with van der Waals surface area (Å²) in [5.74, 6) is -0.932. The van der Waals surface area contributed by atoms with Crippen LogP contribution in [-0.2, 0) is 9.53 Å². The molecule has 84 valence electrons. The van der Waals surface area contributed by atoms with Crippen LogP contribution in [0.3, 0.4) is 0 Å². The fourth-order valence-corrected chi connectivity index (χ4v) is 3.77. The van der Waals surface area contributed by atoms with Crippen LogP contribution in [0.1, 0.15) is 19.8 Å². The Kier molecular flexibility index (Phi) is 1.41. The summed E-state index contributed by atoms with van der Waals surface area (Å²) >= 11 is 0. The molecule has 4 fully saturated rings. The predicted octanol–water partition coefficient (Wildman–Crippen LogP) is -1.20. The topological polar surface area (TPSA) is 87.0 Å². The average molecular weight is 214 g/mol. The molecule has 3 saturated carbocycles. The summed E-state index contributed by atoms with van der Waals surface area (Å²) in [4.78, 5) is 11.8. The number of esters is 1. The lowest BCUT2D eigenvalue weighted by Crippen LogP contribution is -2.77. The summed E-state index contributed by atoms with van der Waals surface area (Å²) < 4.78 is 5.19. The number of carbonyl (C=O) groups is 1. The molecule has 1 heterocycles. The van der Waals surface area contributed by atoms with Gasteiger partial charge in [0.25, 0.3) is 0 Å². The van der Waals surface area contributed by atoms with E-state index in [0.29, 0.717) is 6.42 Å². The van der Waals surface area contributed by atoms with E-state index < -0.39 is 35.3 Å². The van der Waals surface area contributed by atoms with Gasteiger partial charge in [0.15, 0.2) is 0 Å². The predicted molar refractivity (Wildman–Crippen MR) is 47.7 cm³/mol. The molecular formula is C10H14O5. The number of aliphatic hydroxyl groups excluding tert-OH is 2. The van der Waals surface area contributed by atoms with Crippen molar-refractivity contribution in [2.75, 3.05) is 6.61 Å². The largest absolute Gasteiger partial charge is 0.456 e. The van der Waals surface area contributed by atoms with Gasteiger partial charge >= 0.3 is 5.97 Å². The molecule has 4 aliphatic rings. The maximum absolute atomic E-state index is 11.8. The van der Waals surface area contributed by atoms with Gasteiger partial charge in [-0.05, 0) is 13.3 Å². The summed E-state index contributed by atoms with van der Waals surface area (Å²) in [5.41, 5.74) is -3.61. The lowest BCUT2D eigenvalue weighted by Gasteiger charge is -2.63. The lowest BCUT2D eigenvalue weighted by molar-refractivity contribution is -0.293. The van der Waals surface area contributed by atoms with Crippen molar-refractivity contribution in [3.05, 3.63) is 0 Å². The number of hydrogen-bond donors (Lipinski definition) is 3. The molecule has 3 N–H and O–H groups in total. The molecule has 0 aromatic carbocycles. The number of rotatable bonds is 1. The van der Waals surface area contributed by atoms with Crippen LogP contribution in [-0.4, -0.2) is 45.2 Å². The minimum atomic E-state index is -1.30. The normalized spacial score (nSPS) is 61.2. The molecule has 0 aromatic heterocycles. The van der Waals surface area contributed by atoms with Gasteiger partial charge < -0.3 is 20.1 Å². The van der Waals surface area contributed by atoms with Gasteiger partial charge in [0, 0.05) is 12.3 Å². The number of fused-ring (bicyclic) bond motifs is 1. The summed E-state index contributed by atoms with van der Waals surface area (Å²) in [6.45, 7) is 1.17. The lowest BCUT2D eigenvalue weighted by atomic mass is 9.41. The van der Waals surface area contributed by atoms with Crippen LogP contribution >= 0.6 is 0 Å². The van der Waals surface area contributed by atoms with Crippen LogP contribution in [0.4, 0.5) is 0 Å². The molecule has 4 bridgehead atoms. The van der Waals surface area contributed by atoms with Crippen LogP contribution in [0.15, 0.2) is 0 Å². The first-order valence-electron chi connectivity index (χ1n) is 5.16. The molecule has 15 heavy (non-hydrogen) atoms. The molecule has 0 aromatic rings. The van der Waals surface area contributed by atoms with Crippen molar-refractivity contribution < 1.29 is 24.9 Å². The van der Waals surface area contributed by atoms with Crippen molar-refractivity contribution in [1.29, 1.82) is 0 Å². The van der Waals surface area contributed by atoms with Crippen LogP contribution in [0, 0.1) is 11.3 Å². The van der Waals surface area contributed by atoms with E-state index in [0.717, 1.165) is 0 Å². The Bertz CT molecular complexity index is 356. The third-order valence-electron chi connectivity index (χ3n) is 4.76. The van der Waals surface area contributed by atoms with E-state index in [2.05, 4.69) is 0 Å². The smallest absolute Gasteiger partial charge is 0.318 e. The second-order valence-corrected chi connectivity index (χ2v) is 5.19. The molecule has 1 aliphatic heterocycles. The van der Waals surface area contributed by atoms with Crippen LogP contribution in [0.25, 0.3) is 0 Å². The Hall–Kier alpha value is -0.650. The van der Waals surface area contributed by atoms with E-state index >= 15 is 0 Å². The van der Waals surface area contributed by atoms with Crippen molar-refractivity contribution >= 4 is 5.97 Å². The van der Waals surface area contributed by atoms with Crippen LogP contribution in [0.2, 0.25) is 0 Å². The van der Waals surface area contributed by atoms with Gasteiger partial charge in [-0.15, -0.1) is 0 Å². The summed E-state index contributed by atoms with van der Waals surface area (Å²) in [5, 5.41) is 29.6. The van der Waals surface area contributed by atoms with Crippen LogP contribution < -0.4 is 0 Å². The zero-order valence-corrected chi connectivity index (χ0v) is 8.43. The quantitative estimate of drug-likeness (QED) is 0.477. The molecular weight excluding hydrogens is 200 g/mol. The maximum atomic E-state index is 11.8. The SMILES string of the molecule is C[C@]12C[C@H](O)[C@H]3C[C@@]1(O)[C@]3(CO)C(=O)O2. The minimum absolute atomic E-state index is 0.252. The van der Waals surface area contributed by atoms with Gasteiger partial charge in [0.05, 0.1) is 12.7 Å². The molecule has 0 unspecified atom stereocenters. The number of ether oxygens (including phenoxy) is 1. The number of aliphatic hydroxyl groups is 3. The fourth-order valence-electron chi connectivity index (χ4n) is 3.77. The highest BCUT2D eigenvalue weighted by Gasteiger charge is 2.86. The summed E-state index contributed by atoms with van der Waals surface area (Å²) in [6.07, 6.45) is -0.0962.